The topological polar surface area (TPSA) is 63.1 Å². The first-order valence-corrected chi connectivity index (χ1v) is 6.39. The Morgan fingerprint density at radius 3 is 2.72 bits per heavy atom. The lowest BCUT2D eigenvalue weighted by Crippen LogP contribution is -2.01. The summed E-state index contributed by atoms with van der Waals surface area (Å²) in [5.74, 6) is -0.263. The Morgan fingerprint density at radius 2 is 2.11 bits per heavy atom. The molecule has 0 unspecified atom stereocenters. The quantitative estimate of drug-likeness (QED) is 0.856. The molecule has 0 fully saturated rings. The maximum absolute atomic E-state index is 10.6. The van der Waals surface area contributed by atoms with Gasteiger partial charge in [0.1, 0.15) is 5.03 Å². The van der Waals surface area contributed by atoms with Gasteiger partial charge in [-0.15, -0.1) is 10.2 Å². The van der Waals surface area contributed by atoms with Gasteiger partial charge >= 0.3 is 5.97 Å². The summed E-state index contributed by atoms with van der Waals surface area (Å²) in [6, 6.07) is 11.4. The minimum Gasteiger partial charge on any atom is -0.476 e. The van der Waals surface area contributed by atoms with E-state index in [0.29, 0.717) is 0 Å². The van der Waals surface area contributed by atoms with Gasteiger partial charge in [0, 0.05) is 5.75 Å². The number of thioether (sulfide) groups is 1. The summed E-state index contributed by atoms with van der Waals surface area (Å²) in [4.78, 5) is 10.6. The molecule has 5 heteroatoms. The van der Waals surface area contributed by atoms with E-state index in [0.717, 1.165) is 10.8 Å². The number of carboxylic acids is 1. The lowest BCUT2D eigenvalue weighted by Gasteiger charge is -2.02. The van der Waals surface area contributed by atoms with Crippen LogP contribution in [-0.4, -0.2) is 21.3 Å². The van der Waals surface area contributed by atoms with Crippen molar-refractivity contribution in [1.29, 1.82) is 0 Å². The molecule has 92 valence electrons. The van der Waals surface area contributed by atoms with Gasteiger partial charge in [-0.2, -0.15) is 0 Å². The number of rotatable bonds is 4. The molecule has 0 atom stereocenters. The zero-order chi connectivity index (χ0) is 13.0. The van der Waals surface area contributed by atoms with E-state index in [1.807, 2.05) is 6.07 Å². The predicted molar refractivity (Wildman–Crippen MR) is 69.7 cm³/mol. The molecule has 0 bridgehead atoms. The van der Waals surface area contributed by atoms with Gasteiger partial charge in [-0.05, 0) is 24.6 Å². The summed E-state index contributed by atoms with van der Waals surface area (Å²) in [7, 11) is 0. The van der Waals surface area contributed by atoms with Crippen molar-refractivity contribution in [1.82, 2.24) is 10.2 Å². The maximum Gasteiger partial charge on any atom is 0.356 e. The summed E-state index contributed by atoms with van der Waals surface area (Å²) >= 11 is 1.54. The van der Waals surface area contributed by atoms with Gasteiger partial charge in [0.2, 0.25) is 0 Å². The predicted octanol–water partition coefficient (Wildman–Crippen LogP) is 2.78. The van der Waals surface area contributed by atoms with E-state index in [4.69, 9.17) is 5.11 Å². The summed E-state index contributed by atoms with van der Waals surface area (Å²) in [5.41, 5.74) is 2.40. The fraction of sp³-hybridized carbons (Fsp3) is 0.154. The number of hydrogen-bond donors (Lipinski definition) is 1. The standard InChI is InChI=1S/C13H12N2O2S/c1-9-3-2-4-10(7-9)8-18-12-6-5-11(13(16)17)14-15-12/h2-7H,8H2,1H3,(H,16,17). The average molecular weight is 260 g/mol. The Morgan fingerprint density at radius 1 is 1.28 bits per heavy atom. The number of carbonyl (C=O) groups is 1. The van der Waals surface area contributed by atoms with Crippen LogP contribution in [0.1, 0.15) is 21.6 Å². The van der Waals surface area contributed by atoms with Crippen molar-refractivity contribution in [3.63, 3.8) is 0 Å². The van der Waals surface area contributed by atoms with Crippen LogP contribution < -0.4 is 0 Å². The lowest BCUT2D eigenvalue weighted by atomic mass is 10.2. The second-order valence-electron chi connectivity index (χ2n) is 3.84. The number of nitrogens with zero attached hydrogens (tertiary/aromatic N) is 2. The third-order valence-electron chi connectivity index (χ3n) is 2.33. The van der Waals surface area contributed by atoms with Gasteiger partial charge < -0.3 is 5.11 Å². The summed E-state index contributed by atoms with van der Waals surface area (Å²) in [5, 5.41) is 16.9. The third kappa shape index (κ3) is 3.30. The Balaban J connectivity index is 2.00. The smallest absolute Gasteiger partial charge is 0.356 e. The molecular formula is C13H12N2O2S. The zero-order valence-corrected chi connectivity index (χ0v) is 10.6. The van der Waals surface area contributed by atoms with Gasteiger partial charge in [0.05, 0.1) is 0 Å². The monoisotopic (exact) mass is 260 g/mol. The first-order chi connectivity index (χ1) is 8.65. The van der Waals surface area contributed by atoms with Crippen LogP contribution in [0, 0.1) is 6.92 Å². The third-order valence-corrected chi connectivity index (χ3v) is 3.32. The molecule has 0 aliphatic heterocycles. The first kappa shape index (κ1) is 12.6. The SMILES string of the molecule is Cc1cccc(CSc2ccc(C(=O)O)nn2)c1. The van der Waals surface area contributed by atoms with Gasteiger partial charge in [0.25, 0.3) is 0 Å². The van der Waals surface area contributed by atoms with Crippen LogP contribution in [0.5, 0.6) is 0 Å². The van der Waals surface area contributed by atoms with Crippen molar-refractivity contribution >= 4 is 17.7 Å². The van der Waals surface area contributed by atoms with Crippen LogP contribution in [0.3, 0.4) is 0 Å². The molecule has 0 spiro atoms. The number of hydrogen-bond acceptors (Lipinski definition) is 4. The highest BCUT2D eigenvalue weighted by atomic mass is 32.2. The largest absolute Gasteiger partial charge is 0.476 e. The van der Waals surface area contributed by atoms with Gasteiger partial charge in [0.15, 0.2) is 5.69 Å². The molecule has 0 aliphatic carbocycles. The minimum atomic E-state index is -1.06. The molecule has 0 radical (unpaired) electrons. The molecular weight excluding hydrogens is 248 g/mol. The highest BCUT2D eigenvalue weighted by Crippen LogP contribution is 2.20. The normalized spacial score (nSPS) is 10.3. The fourth-order valence-corrected chi connectivity index (χ4v) is 2.23. The van der Waals surface area contributed by atoms with Crippen molar-refractivity contribution in [3.05, 3.63) is 53.2 Å². The van der Waals surface area contributed by atoms with Crippen LogP contribution in [0.15, 0.2) is 41.4 Å². The van der Waals surface area contributed by atoms with Gasteiger partial charge in [-0.1, -0.05) is 41.6 Å². The van der Waals surface area contributed by atoms with E-state index < -0.39 is 5.97 Å². The van der Waals surface area contributed by atoms with Crippen LogP contribution >= 0.6 is 11.8 Å². The van der Waals surface area contributed by atoms with E-state index in [9.17, 15) is 4.79 Å². The van der Waals surface area contributed by atoms with E-state index >= 15 is 0 Å². The van der Waals surface area contributed by atoms with Crippen molar-refractivity contribution in [2.24, 2.45) is 0 Å². The molecule has 4 nitrogen and oxygen atoms in total. The number of aryl methyl sites for hydroxylation is 1. The summed E-state index contributed by atoms with van der Waals surface area (Å²) in [6.45, 7) is 2.05. The molecule has 1 heterocycles. The summed E-state index contributed by atoms with van der Waals surface area (Å²) < 4.78 is 0. The molecule has 2 aromatic rings. The molecule has 0 saturated heterocycles. The van der Waals surface area contributed by atoms with Crippen LogP contribution in [0.2, 0.25) is 0 Å². The van der Waals surface area contributed by atoms with Crippen LogP contribution in [-0.2, 0) is 5.75 Å². The second-order valence-corrected chi connectivity index (χ2v) is 4.84. The Kier molecular flexibility index (Phi) is 3.94. The first-order valence-electron chi connectivity index (χ1n) is 5.40. The molecule has 0 amide bonds. The van der Waals surface area contributed by atoms with E-state index in [1.165, 1.54) is 29.0 Å². The molecule has 0 saturated carbocycles. The van der Waals surface area contributed by atoms with Gasteiger partial charge in [-0.3, -0.25) is 0 Å². The molecule has 2 rings (SSSR count). The number of aromatic nitrogens is 2. The second kappa shape index (κ2) is 5.64. The summed E-state index contributed by atoms with van der Waals surface area (Å²) in [6.07, 6.45) is 0. The molecule has 18 heavy (non-hydrogen) atoms. The average Bonchev–Trinajstić information content (AvgIpc) is 2.37. The van der Waals surface area contributed by atoms with E-state index in [2.05, 4.69) is 35.3 Å². The van der Waals surface area contributed by atoms with Crippen molar-refractivity contribution in [2.75, 3.05) is 0 Å². The van der Waals surface area contributed by atoms with E-state index in [-0.39, 0.29) is 5.69 Å². The van der Waals surface area contributed by atoms with Crippen LogP contribution in [0.4, 0.5) is 0 Å². The van der Waals surface area contributed by atoms with Crippen molar-refractivity contribution < 1.29 is 9.90 Å². The highest BCUT2D eigenvalue weighted by Gasteiger charge is 2.05. The van der Waals surface area contributed by atoms with Crippen LogP contribution in [0.25, 0.3) is 0 Å². The Hall–Kier alpha value is -1.88. The van der Waals surface area contributed by atoms with Crippen molar-refractivity contribution in [2.45, 2.75) is 17.7 Å². The molecule has 1 aromatic heterocycles. The van der Waals surface area contributed by atoms with Crippen molar-refractivity contribution in [3.8, 4) is 0 Å². The van der Waals surface area contributed by atoms with Gasteiger partial charge in [-0.25, -0.2) is 4.79 Å². The Labute approximate surface area is 109 Å². The van der Waals surface area contributed by atoms with E-state index in [1.54, 1.807) is 6.07 Å². The molecule has 0 aliphatic rings. The zero-order valence-electron chi connectivity index (χ0n) is 9.83. The maximum atomic E-state index is 10.6. The number of aromatic carboxylic acids is 1. The molecule has 1 N–H and O–H groups in total. The number of benzene rings is 1. The Bertz CT molecular complexity index is 555. The number of carboxylic acid groups (broad SMARTS) is 1. The minimum absolute atomic E-state index is 0.0325. The highest BCUT2D eigenvalue weighted by molar-refractivity contribution is 7.98. The molecule has 1 aromatic carbocycles. The lowest BCUT2D eigenvalue weighted by molar-refractivity contribution is 0.0689. The fourth-order valence-electron chi connectivity index (χ4n) is 1.47.